The number of rotatable bonds is 4. The molecule has 3 nitrogen and oxygen atoms in total. The Morgan fingerprint density at radius 1 is 1.32 bits per heavy atom. The third-order valence-corrected chi connectivity index (χ3v) is 3.18. The van der Waals surface area contributed by atoms with Gasteiger partial charge in [0.1, 0.15) is 6.07 Å². The predicted molar refractivity (Wildman–Crippen MR) is 77.1 cm³/mol. The van der Waals surface area contributed by atoms with Gasteiger partial charge >= 0.3 is 0 Å². The SMILES string of the molecule is CN(Cc1ccccn1)c1ccc(CCl)cc1C#N. The topological polar surface area (TPSA) is 39.9 Å². The molecule has 0 spiro atoms. The molecule has 0 atom stereocenters. The molecule has 96 valence electrons. The summed E-state index contributed by atoms with van der Waals surface area (Å²) in [6.07, 6.45) is 1.77. The molecule has 0 fully saturated rings. The van der Waals surface area contributed by atoms with Crippen molar-refractivity contribution in [3.05, 3.63) is 59.4 Å². The van der Waals surface area contributed by atoms with E-state index >= 15 is 0 Å². The van der Waals surface area contributed by atoms with E-state index in [9.17, 15) is 5.26 Å². The van der Waals surface area contributed by atoms with Crippen molar-refractivity contribution < 1.29 is 0 Å². The Balaban J connectivity index is 2.24. The molecule has 1 heterocycles. The highest BCUT2D eigenvalue weighted by Crippen LogP contribution is 2.22. The number of hydrogen-bond donors (Lipinski definition) is 0. The molecule has 4 heteroatoms. The minimum atomic E-state index is 0.416. The molecule has 2 rings (SSSR count). The molecule has 1 aromatic heterocycles. The summed E-state index contributed by atoms with van der Waals surface area (Å²) in [4.78, 5) is 6.30. The molecule has 2 aromatic rings. The number of pyridine rings is 1. The molecule has 0 unspecified atom stereocenters. The fraction of sp³-hybridized carbons (Fsp3) is 0.200. The minimum Gasteiger partial charge on any atom is -0.368 e. The highest BCUT2D eigenvalue weighted by Gasteiger charge is 2.09. The van der Waals surface area contributed by atoms with Gasteiger partial charge < -0.3 is 4.90 Å². The fourth-order valence-corrected chi connectivity index (χ4v) is 2.07. The number of alkyl halides is 1. The highest BCUT2D eigenvalue weighted by molar-refractivity contribution is 6.17. The second kappa shape index (κ2) is 6.21. The van der Waals surface area contributed by atoms with Gasteiger partial charge in [-0.3, -0.25) is 4.98 Å². The van der Waals surface area contributed by atoms with Crippen LogP contribution in [0.1, 0.15) is 16.8 Å². The molecule has 19 heavy (non-hydrogen) atoms. The summed E-state index contributed by atoms with van der Waals surface area (Å²) in [6, 6.07) is 13.7. The van der Waals surface area contributed by atoms with Gasteiger partial charge in [0, 0.05) is 19.1 Å². The van der Waals surface area contributed by atoms with Gasteiger partial charge in [-0.15, -0.1) is 11.6 Å². The maximum Gasteiger partial charge on any atom is 0.101 e. The third-order valence-electron chi connectivity index (χ3n) is 2.87. The molecule has 0 aliphatic carbocycles. The van der Waals surface area contributed by atoms with Crippen molar-refractivity contribution >= 4 is 17.3 Å². The van der Waals surface area contributed by atoms with Gasteiger partial charge in [0.15, 0.2) is 0 Å². The van der Waals surface area contributed by atoms with Crippen LogP contribution >= 0.6 is 11.6 Å². The molecular weight excluding hydrogens is 258 g/mol. The monoisotopic (exact) mass is 271 g/mol. The van der Waals surface area contributed by atoms with Crippen LogP contribution in [-0.4, -0.2) is 12.0 Å². The number of anilines is 1. The average Bonchev–Trinajstić information content (AvgIpc) is 2.47. The maximum absolute atomic E-state index is 9.22. The normalized spacial score (nSPS) is 9.95. The van der Waals surface area contributed by atoms with Gasteiger partial charge in [-0.05, 0) is 29.8 Å². The second-order valence-electron chi connectivity index (χ2n) is 4.27. The zero-order valence-electron chi connectivity index (χ0n) is 10.7. The van der Waals surface area contributed by atoms with Gasteiger partial charge in [0.25, 0.3) is 0 Å². The standard InChI is InChI=1S/C15H14ClN3/c1-19(11-14-4-2-3-7-18-14)15-6-5-12(9-16)8-13(15)10-17/h2-8H,9,11H2,1H3. The van der Waals surface area contributed by atoms with E-state index in [4.69, 9.17) is 11.6 Å². The summed E-state index contributed by atoms with van der Waals surface area (Å²) in [5.41, 5.74) is 3.45. The van der Waals surface area contributed by atoms with Gasteiger partial charge in [-0.2, -0.15) is 5.26 Å². The summed E-state index contributed by atoms with van der Waals surface area (Å²) in [7, 11) is 1.95. The minimum absolute atomic E-state index is 0.416. The largest absolute Gasteiger partial charge is 0.368 e. The van der Waals surface area contributed by atoms with Crippen LogP contribution in [0.2, 0.25) is 0 Å². The van der Waals surface area contributed by atoms with Crippen molar-refractivity contribution in [2.24, 2.45) is 0 Å². The Hall–Kier alpha value is -2.05. The first-order valence-corrected chi connectivity index (χ1v) is 6.48. The zero-order valence-corrected chi connectivity index (χ0v) is 11.4. The van der Waals surface area contributed by atoms with Crippen LogP contribution in [0.25, 0.3) is 0 Å². The Bertz CT molecular complexity index is 590. The fourth-order valence-electron chi connectivity index (χ4n) is 1.91. The molecule has 0 bridgehead atoms. The first-order valence-electron chi connectivity index (χ1n) is 5.94. The van der Waals surface area contributed by atoms with Gasteiger partial charge in [0.2, 0.25) is 0 Å². The van der Waals surface area contributed by atoms with Crippen LogP contribution in [0.4, 0.5) is 5.69 Å². The lowest BCUT2D eigenvalue weighted by molar-refractivity contribution is 0.883. The lowest BCUT2D eigenvalue weighted by Gasteiger charge is -2.20. The van der Waals surface area contributed by atoms with Crippen molar-refractivity contribution in [1.29, 1.82) is 5.26 Å². The van der Waals surface area contributed by atoms with E-state index in [1.807, 2.05) is 48.3 Å². The highest BCUT2D eigenvalue weighted by atomic mass is 35.5. The van der Waals surface area contributed by atoms with E-state index in [2.05, 4.69) is 11.1 Å². The Kier molecular flexibility index (Phi) is 4.38. The number of hydrogen-bond acceptors (Lipinski definition) is 3. The van der Waals surface area contributed by atoms with Crippen LogP contribution in [0.15, 0.2) is 42.6 Å². The Morgan fingerprint density at radius 2 is 2.16 bits per heavy atom. The quantitative estimate of drug-likeness (QED) is 0.801. The van der Waals surface area contributed by atoms with Crippen molar-refractivity contribution in [3.63, 3.8) is 0 Å². The van der Waals surface area contributed by atoms with Crippen LogP contribution in [0.5, 0.6) is 0 Å². The zero-order chi connectivity index (χ0) is 13.7. The number of nitriles is 1. The van der Waals surface area contributed by atoms with Crippen LogP contribution in [0.3, 0.4) is 0 Å². The third kappa shape index (κ3) is 3.24. The van der Waals surface area contributed by atoms with Crippen molar-refractivity contribution in [2.45, 2.75) is 12.4 Å². The van der Waals surface area contributed by atoms with Gasteiger partial charge in [0.05, 0.1) is 23.5 Å². The average molecular weight is 272 g/mol. The van der Waals surface area contributed by atoms with Crippen LogP contribution in [0, 0.1) is 11.3 Å². The number of aromatic nitrogens is 1. The summed E-state index contributed by atoms with van der Waals surface area (Å²) < 4.78 is 0. The van der Waals surface area contributed by atoms with E-state index in [0.29, 0.717) is 18.0 Å². The molecule has 1 aromatic carbocycles. The number of halogens is 1. The van der Waals surface area contributed by atoms with Gasteiger partial charge in [-0.1, -0.05) is 12.1 Å². The van der Waals surface area contributed by atoms with Crippen molar-refractivity contribution in [3.8, 4) is 6.07 Å². The Morgan fingerprint density at radius 3 is 2.79 bits per heavy atom. The van der Waals surface area contributed by atoms with E-state index in [1.165, 1.54) is 0 Å². The number of benzene rings is 1. The predicted octanol–water partition coefficient (Wildman–Crippen LogP) is 3.33. The summed E-state index contributed by atoms with van der Waals surface area (Å²) in [5.74, 6) is 0.416. The van der Waals surface area contributed by atoms with E-state index in [1.54, 1.807) is 6.20 Å². The van der Waals surface area contributed by atoms with E-state index in [0.717, 1.165) is 16.9 Å². The van der Waals surface area contributed by atoms with Crippen molar-refractivity contribution in [2.75, 3.05) is 11.9 Å². The summed E-state index contributed by atoms with van der Waals surface area (Å²) >= 11 is 5.78. The van der Waals surface area contributed by atoms with Crippen molar-refractivity contribution in [1.82, 2.24) is 4.98 Å². The summed E-state index contributed by atoms with van der Waals surface area (Å²) in [6.45, 7) is 0.662. The molecule has 0 saturated heterocycles. The molecule has 0 radical (unpaired) electrons. The Labute approximate surface area is 118 Å². The van der Waals surface area contributed by atoms with E-state index in [-0.39, 0.29) is 0 Å². The molecule has 0 N–H and O–H groups in total. The first-order chi connectivity index (χ1) is 9.24. The molecule has 0 saturated carbocycles. The second-order valence-corrected chi connectivity index (χ2v) is 4.54. The maximum atomic E-state index is 9.22. The van der Waals surface area contributed by atoms with E-state index < -0.39 is 0 Å². The van der Waals surface area contributed by atoms with Crippen LogP contribution in [-0.2, 0) is 12.4 Å². The lowest BCUT2D eigenvalue weighted by atomic mass is 10.1. The lowest BCUT2D eigenvalue weighted by Crippen LogP contribution is -2.18. The molecule has 0 aliphatic heterocycles. The molecular formula is C15H14ClN3. The smallest absolute Gasteiger partial charge is 0.101 e. The van der Waals surface area contributed by atoms with Crippen LogP contribution < -0.4 is 4.90 Å². The molecule has 0 amide bonds. The number of nitrogens with zero attached hydrogens (tertiary/aromatic N) is 3. The van der Waals surface area contributed by atoms with Gasteiger partial charge in [-0.25, -0.2) is 0 Å². The first kappa shape index (κ1) is 13.4. The summed E-state index contributed by atoms with van der Waals surface area (Å²) in [5, 5.41) is 9.22. The molecule has 0 aliphatic rings.